The maximum atomic E-state index is 13.0. The third-order valence-corrected chi connectivity index (χ3v) is 3.03. The Bertz CT molecular complexity index is 788. The normalized spacial score (nSPS) is 11.6. The molecule has 0 saturated carbocycles. The number of hydrogen-bond acceptors (Lipinski definition) is 4. The third-order valence-electron chi connectivity index (χ3n) is 3.03. The van der Waals surface area contributed by atoms with Gasteiger partial charge >= 0.3 is 6.18 Å². The van der Waals surface area contributed by atoms with Crippen LogP contribution in [-0.2, 0) is 17.6 Å². The molecule has 0 aliphatic heterocycles. The Morgan fingerprint density at radius 1 is 1.23 bits per heavy atom. The van der Waals surface area contributed by atoms with Crippen LogP contribution >= 0.6 is 0 Å². The summed E-state index contributed by atoms with van der Waals surface area (Å²) in [5.74, 6) is -2.52. The predicted octanol–water partition coefficient (Wildman–Crippen LogP) is 3.31. The monoisotopic (exact) mass is 373 g/mol. The van der Waals surface area contributed by atoms with Gasteiger partial charge in [0.25, 0.3) is 5.91 Å². The van der Waals surface area contributed by atoms with Gasteiger partial charge in [0.15, 0.2) is 0 Å². The Hall–Kier alpha value is -3.04. The van der Waals surface area contributed by atoms with Crippen LogP contribution in [0.1, 0.15) is 21.5 Å². The molecule has 1 aromatic carbocycles. The van der Waals surface area contributed by atoms with E-state index in [1.54, 1.807) is 0 Å². The lowest BCUT2D eigenvalue weighted by Gasteiger charge is -2.11. The second-order valence-electron chi connectivity index (χ2n) is 4.97. The van der Waals surface area contributed by atoms with E-state index >= 15 is 0 Å². The Kier molecular flexibility index (Phi) is 6.21. The molecule has 0 bridgehead atoms. The van der Waals surface area contributed by atoms with Gasteiger partial charge in [0.2, 0.25) is 0 Å². The molecule has 0 aliphatic rings. The first-order valence-corrected chi connectivity index (χ1v) is 7.15. The first-order valence-electron chi connectivity index (χ1n) is 7.15. The molecule has 10 heteroatoms. The smallest absolute Gasteiger partial charge is 0.391 e. The Morgan fingerprint density at radius 3 is 2.58 bits per heavy atom. The fourth-order valence-corrected chi connectivity index (χ4v) is 1.95. The number of oxime groups is 1. The van der Waals surface area contributed by atoms with Crippen LogP contribution in [0, 0.1) is 11.6 Å². The molecule has 5 nitrogen and oxygen atoms in total. The number of pyridine rings is 1. The molecular formula is C16H12F5N3O2. The molecule has 2 aromatic rings. The summed E-state index contributed by atoms with van der Waals surface area (Å²) in [5.41, 5.74) is -1.52. The molecule has 0 fully saturated rings. The lowest BCUT2D eigenvalue weighted by Crippen LogP contribution is -2.28. The number of aromatic nitrogens is 1. The summed E-state index contributed by atoms with van der Waals surface area (Å²) in [4.78, 5) is 20.1. The van der Waals surface area contributed by atoms with Gasteiger partial charge in [-0.25, -0.2) is 8.78 Å². The Labute approximate surface area is 144 Å². The molecule has 26 heavy (non-hydrogen) atoms. The SMILES string of the molecule is O=C(NCC=NOCc1cc(F)cc(F)c1)c1cnccc1C(F)(F)F. The molecule has 0 radical (unpaired) electrons. The molecule has 0 saturated heterocycles. The molecule has 0 atom stereocenters. The van der Waals surface area contributed by atoms with E-state index in [0.29, 0.717) is 12.1 Å². The molecule has 1 heterocycles. The van der Waals surface area contributed by atoms with Crippen molar-refractivity contribution in [1.82, 2.24) is 10.3 Å². The van der Waals surface area contributed by atoms with Gasteiger partial charge in [-0.05, 0) is 23.8 Å². The molecule has 2 rings (SSSR count). The first-order chi connectivity index (χ1) is 12.3. The number of carbonyl (C=O) groups excluding carboxylic acids is 1. The fourth-order valence-electron chi connectivity index (χ4n) is 1.95. The van der Waals surface area contributed by atoms with Gasteiger partial charge in [0, 0.05) is 18.5 Å². The van der Waals surface area contributed by atoms with Gasteiger partial charge in [-0.3, -0.25) is 9.78 Å². The third kappa shape index (κ3) is 5.50. The Balaban J connectivity index is 1.84. The van der Waals surface area contributed by atoms with Crippen molar-refractivity contribution < 1.29 is 31.6 Å². The summed E-state index contributed by atoms with van der Waals surface area (Å²) >= 11 is 0. The summed E-state index contributed by atoms with van der Waals surface area (Å²) < 4.78 is 64.3. The summed E-state index contributed by atoms with van der Waals surface area (Å²) in [6.45, 7) is -0.442. The number of halogens is 5. The minimum absolute atomic E-state index is 0.203. The predicted molar refractivity (Wildman–Crippen MR) is 81.2 cm³/mol. The molecule has 1 aromatic heterocycles. The van der Waals surface area contributed by atoms with Crippen LogP contribution in [0.25, 0.3) is 0 Å². The van der Waals surface area contributed by atoms with E-state index in [4.69, 9.17) is 4.84 Å². The molecule has 0 spiro atoms. The van der Waals surface area contributed by atoms with Gasteiger partial charge in [-0.1, -0.05) is 5.16 Å². The van der Waals surface area contributed by atoms with Crippen molar-refractivity contribution in [2.45, 2.75) is 12.8 Å². The van der Waals surface area contributed by atoms with Crippen LogP contribution in [0.15, 0.2) is 41.8 Å². The van der Waals surface area contributed by atoms with E-state index < -0.39 is 34.8 Å². The summed E-state index contributed by atoms with van der Waals surface area (Å²) in [7, 11) is 0. The van der Waals surface area contributed by atoms with E-state index in [2.05, 4.69) is 15.5 Å². The quantitative estimate of drug-likeness (QED) is 0.480. The summed E-state index contributed by atoms with van der Waals surface area (Å²) in [5, 5.41) is 5.64. The van der Waals surface area contributed by atoms with Gasteiger partial charge in [0.05, 0.1) is 23.9 Å². The van der Waals surface area contributed by atoms with Gasteiger partial charge in [-0.2, -0.15) is 13.2 Å². The van der Waals surface area contributed by atoms with Crippen molar-refractivity contribution in [2.75, 3.05) is 6.54 Å². The van der Waals surface area contributed by atoms with Crippen LogP contribution in [0.3, 0.4) is 0 Å². The highest BCUT2D eigenvalue weighted by molar-refractivity contribution is 5.96. The average Bonchev–Trinajstić information content (AvgIpc) is 2.56. The number of alkyl halides is 3. The highest BCUT2D eigenvalue weighted by Crippen LogP contribution is 2.31. The molecule has 0 unspecified atom stereocenters. The Morgan fingerprint density at radius 2 is 1.92 bits per heavy atom. The maximum Gasteiger partial charge on any atom is 0.417 e. The number of amides is 1. The zero-order valence-electron chi connectivity index (χ0n) is 13.1. The number of nitrogens with one attached hydrogen (secondary N) is 1. The molecule has 138 valence electrons. The van der Waals surface area contributed by atoms with Gasteiger partial charge in [0.1, 0.15) is 18.2 Å². The van der Waals surface area contributed by atoms with Crippen LogP contribution < -0.4 is 5.32 Å². The van der Waals surface area contributed by atoms with Gasteiger partial charge in [-0.15, -0.1) is 0 Å². The minimum Gasteiger partial charge on any atom is -0.391 e. The standard InChI is InChI=1S/C16H12F5N3O2/c17-11-5-10(6-12(18)7-11)9-26-24-4-3-23-15(25)13-8-22-2-1-14(13)16(19,20)21/h1-2,4-8H,3,9H2,(H,23,25). The summed E-state index contributed by atoms with van der Waals surface area (Å²) in [6, 6.07) is 3.52. The van der Waals surface area contributed by atoms with Crippen molar-refractivity contribution in [1.29, 1.82) is 0 Å². The lowest BCUT2D eigenvalue weighted by molar-refractivity contribution is -0.138. The van der Waals surface area contributed by atoms with Crippen molar-refractivity contribution in [3.63, 3.8) is 0 Å². The van der Waals surface area contributed by atoms with E-state index in [1.165, 1.54) is 0 Å². The van der Waals surface area contributed by atoms with E-state index in [0.717, 1.165) is 30.7 Å². The zero-order chi connectivity index (χ0) is 19.2. The highest BCUT2D eigenvalue weighted by Gasteiger charge is 2.35. The van der Waals surface area contributed by atoms with Crippen LogP contribution in [-0.4, -0.2) is 23.7 Å². The fraction of sp³-hybridized carbons (Fsp3) is 0.188. The van der Waals surface area contributed by atoms with Crippen LogP contribution in [0.2, 0.25) is 0 Å². The van der Waals surface area contributed by atoms with Crippen molar-refractivity contribution >= 4 is 12.1 Å². The second kappa shape index (κ2) is 8.37. The molecule has 1 amide bonds. The van der Waals surface area contributed by atoms with Crippen molar-refractivity contribution in [2.24, 2.45) is 5.16 Å². The highest BCUT2D eigenvalue weighted by atomic mass is 19.4. The lowest BCUT2D eigenvalue weighted by atomic mass is 10.1. The van der Waals surface area contributed by atoms with E-state index in [9.17, 15) is 26.7 Å². The van der Waals surface area contributed by atoms with E-state index in [-0.39, 0.29) is 18.7 Å². The molecule has 0 aliphatic carbocycles. The number of nitrogens with zero attached hydrogens (tertiary/aromatic N) is 2. The topological polar surface area (TPSA) is 63.6 Å². The number of benzene rings is 1. The minimum atomic E-state index is -4.69. The summed E-state index contributed by atoms with van der Waals surface area (Å²) in [6.07, 6.45) is -1.86. The van der Waals surface area contributed by atoms with Crippen molar-refractivity contribution in [3.05, 3.63) is 65.0 Å². The zero-order valence-corrected chi connectivity index (χ0v) is 13.1. The average molecular weight is 373 g/mol. The second-order valence-corrected chi connectivity index (χ2v) is 4.97. The van der Waals surface area contributed by atoms with Crippen molar-refractivity contribution in [3.8, 4) is 0 Å². The largest absolute Gasteiger partial charge is 0.417 e. The van der Waals surface area contributed by atoms with Crippen LogP contribution in [0.5, 0.6) is 0 Å². The molecule has 1 N–H and O–H groups in total. The number of carbonyl (C=O) groups is 1. The number of rotatable bonds is 6. The first kappa shape index (κ1) is 19.3. The van der Waals surface area contributed by atoms with Gasteiger partial charge < -0.3 is 10.2 Å². The molecular weight excluding hydrogens is 361 g/mol. The van der Waals surface area contributed by atoms with E-state index in [1.807, 2.05) is 0 Å². The maximum absolute atomic E-state index is 13.0. The number of hydrogen-bond donors (Lipinski definition) is 1. The van der Waals surface area contributed by atoms with Crippen LogP contribution in [0.4, 0.5) is 22.0 Å².